The Balaban J connectivity index is 2.53. The second-order valence-corrected chi connectivity index (χ2v) is 5.91. The van der Waals surface area contributed by atoms with Crippen LogP contribution in [0.5, 0.6) is 0 Å². The van der Waals surface area contributed by atoms with Crippen molar-refractivity contribution in [1.82, 2.24) is 5.16 Å². The van der Waals surface area contributed by atoms with E-state index in [4.69, 9.17) is 15.4 Å². The SMILES string of the molecule is Nc1noc(C2CCCS2(=O)=O)c1C(=O)O. The van der Waals surface area contributed by atoms with Crippen molar-refractivity contribution in [3.05, 3.63) is 11.3 Å². The zero-order chi connectivity index (χ0) is 11.9. The maximum atomic E-state index is 11.6. The number of carboxylic acids is 1. The molecule has 8 heteroatoms. The number of hydrogen-bond donors (Lipinski definition) is 2. The summed E-state index contributed by atoms with van der Waals surface area (Å²) in [5, 5.41) is 11.3. The van der Waals surface area contributed by atoms with E-state index < -0.39 is 21.1 Å². The van der Waals surface area contributed by atoms with Crippen LogP contribution < -0.4 is 5.73 Å². The van der Waals surface area contributed by atoms with Gasteiger partial charge < -0.3 is 15.4 Å². The summed E-state index contributed by atoms with van der Waals surface area (Å²) in [6.45, 7) is 0. The third kappa shape index (κ3) is 1.54. The molecule has 88 valence electrons. The lowest BCUT2D eigenvalue weighted by Gasteiger charge is -2.05. The van der Waals surface area contributed by atoms with Gasteiger partial charge in [0.25, 0.3) is 0 Å². The molecule has 7 nitrogen and oxygen atoms in total. The molecule has 0 aromatic carbocycles. The molecule has 16 heavy (non-hydrogen) atoms. The standard InChI is InChI=1S/C8H10N2O5S/c9-7-5(8(11)12)6(15-10-7)4-2-1-3-16(4,13)14/h4H,1-3H2,(H2,9,10)(H,11,12). The van der Waals surface area contributed by atoms with E-state index in [9.17, 15) is 13.2 Å². The van der Waals surface area contributed by atoms with Crippen LogP contribution in [0, 0.1) is 0 Å². The second kappa shape index (κ2) is 3.48. The zero-order valence-corrected chi connectivity index (χ0v) is 9.03. The highest BCUT2D eigenvalue weighted by Crippen LogP contribution is 2.37. The predicted molar refractivity (Wildman–Crippen MR) is 53.6 cm³/mol. The van der Waals surface area contributed by atoms with Crippen molar-refractivity contribution in [2.24, 2.45) is 0 Å². The van der Waals surface area contributed by atoms with Gasteiger partial charge in [0.05, 0.1) is 5.75 Å². The lowest BCUT2D eigenvalue weighted by atomic mass is 10.1. The molecule has 1 atom stereocenters. The van der Waals surface area contributed by atoms with Crippen LogP contribution in [0.3, 0.4) is 0 Å². The lowest BCUT2D eigenvalue weighted by molar-refractivity contribution is 0.0695. The van der Waals surface area contributed by atoms with Crippen LogP contribution in [0.25, 0.3) is 0 Å². The average Bonchev–Trinajstić information content (AvgIpc) is 2.68. The summed E-state index contributed by atoms with van der Waals surface area (Å²) in [6, 6.07) is 0. The molecule has 0 bridgehead atoms. The van der Waals surface area contributed by atoms with E-state index in [-0.39, 0.29) is 22.9 Å². The third-order valence-corrected chi connectivity index (χ3v) is 4.75. The highest BCUT2D eigenvalue weighted by molar-refractivity contribution is 7.91. The highest BCUT2D eigenvalue weighted by Gasteiger charge is 2.39. The maximum Gasteiger partial charge on any atom is 0.343 e. The predicted octanol–water partition coefficient (Wildman–Crippen LogP) is 0.205. The van der Waals surface area contributed by atoms with Gasteiger partial charge in [-0.25, -0.2) is 13.2 Å². The molecule has 1 unspecified atom stereocenters. The van der Waals surface area contributed by atoms with Gasteiger partial charge in [0.2, 0.25) is 0 Å². The largest absolute Gasteiger partial charge is 0.477 e. The number of nitrogen functional groups attached to an aromatic ring is 1. The second-order valence-electron chi connectivity index (χ2n) is 3.61. The Morgan fingerprint density at radius 1 is 1.56 bits per heavy atom. The van der Waals surface area contributed by atoms with Gasteiger partial charge in [-0.15, -0.1) is 0 Å². The minimum Gasteiger partial charge on any atom is -0.477 e. The van der Waals surface area contributed by atoms with Crippen LogP contribution in [0.1, 0.15) is 34.2 Å². The molecular weight excluding hydrogens is 236 g/mol. The minimum absolute atomic E-state index is 0.0390. The molecule has 2 heterocycles. The Morgan fingerprint density at radius 3 is 2.75 bits per heavy atom. The summed E-state index contributed by atoms with van der Waals surface area (Å²) < 4.78 is 28.0. The topological polar surface area (TPSA) is 123 Å². The molecule has 3 N–H and O–H groups in total. The Hall–Kier alpha value is -1.57. The van der Waals surface area contributed by atoms with Crippen LogP contribution in [-0.2, 0) is 9.84 Å². The first kappa shape index (κ1) is 10.9. The van der Waals surface area contributed by atoms with Crippen molar-refractivity contribution < 1.29 is 22.8 Å². The number of aromatic nitrogens is 1. The van der Waals surface area contributed by atoms with Gasteiger partial charge in [-0.05, 0) is 12.8 Å². The highest BCUT2D eigenvalue weighted by atomic mass is 32.2. The van der Waals surface area contributed by atoms with E-state index in [0.29, 0.717) is 12.8 Å². The monoisotopic (exact) mass is 246 g/mol. The Bertz CT molecular complexity index is 533. The van der Waals surface area contributed by atoms with Gasteiger partial charge in [-0.1, -0.05) is 5.16 Å². The van der Waals surface area contributed by atoms with Crippen LogP contribution in [0.2, 0.25) is 0 Å². The molecule has 0 saturated carbocycles. The smallest absolute Gasteiger partial charge is 0.343 e. The maximum absolute atomic E-state index is 11.6. The van der Waals surface area contributed by atoms with Gasteiger partial charge in [-0.3, -0.25) is 0 Å². The van der Waals surface area contributed by atoms with E-state index in [1.54, 1.807) is 0 Å². The molecule has 1 fully saturated rings. The number of carboxylic acid groups (broad SMARTS) is 1. The first-order valence-corrected chi connectivity index (χ1v) is 6.35. The zero-order valence-electron chi connectivity index (χ0n) is 8.21. The van der Waals surface area contributed by atoms with Gasteiger partial charge in [0, 0.05) is 0 Å². The molecule has 0 amide bonds. The Kier molecular flexibility index (Phi) is 2.38. The molecule has 1 aliphatic heterocycles. The fourth-order valence-electron chi connectivity index (χ4n) is 1.84. The van der Waals surface area contributed by atoms with E-state index in [1.165, 1.54) is 0 Å². The van der Waals surface area contributed by atoms with Crippen molar-refractivity contribution in [1.29, 1.82) is 0 Å². The van der Waals surface area contributed by atoms with E-state index >= 15 is 0 Å². The Labute approximate surface area is 91.1 Å². The fourth-order valence-corrected chi connectivity index (χ4v) is 3.70. The van der Waals surface area contributed by atoms with Crippen LogP contribution >= 0.6 is 0 Å². The minimum atomic E-state index is -3.34. The van der Waals surface area contributed by atoms with Crippen molar-refractivity contribution >= 4 is 21.6 Å². The Morgan fingerprint density at radius 2 is 2.25 bits per heavy atom. The van der Waals surface area contributed by atoms with Crippen LogP contribution in [-0.4, -0.2) is 30.4 Å². The molecule has 0 radical (unpaired) electrons. The number of carbonyl (C=O) groups is 1. The molecule has 2 rings (SSSR count). The number of nitrogens with two attached hydrogens (primary N) is 1. The number of nitrogens with zero attached hydrogens (tertiary/aromatic N) is 1. The van der Waals surface area contributed by atoms with Crippen molar-refractivity contribution in [2.75, 3.05) is 11.5 Å². The fraction of sp³-hybridized carbons (Fsp3) is 0.500. The summed E-state index contributed by atoms with van der Waals surface area (Å²) >= 11 is 0. The summed E-state index contributed by atoms with van der Waals surface area (Å²) in [5.41, 5.74) is 4.98. The number of aromatic carboxylic acids is 1. The van der Waals surface area contributed by atoms with Gasteiger partial charge in [-0.2, -0.15) is 0 Å². The van der Waals surface area contributed by atoms with E-state index in [1.807, 2.05) is 0 Å². The molecule has 1 saturated heterocycles. The number of hydrogen-bond acceptors (Lipinski definition) is 6. The molecule has 0 spiro atoms. The molecule has 1 aromatic rings. The first-order chi connectivity index (χ1) is 7.43. The molecule has 0 aliphatic carbocycles. The molecule has 1 aromatic heterocycles. The van der Waals surface area contributed by atoms with Crippen molar-refractivity contribution in [3.63, 3.8) is 0 Å². The van der Waals surface area contributed by atoms with Gasteiger partial charge >= 0.3 is 5.97 Å². The third-order valence-electron chi connectivity index (χ3n) is 2.58. The molecule has 1 aliphatic rings. The number of rotatable bonds is 2. The first-order valence-electron chi connectivity index (χ1n) is 4.63. The van der Waals surface area contributed by atoms with Crippen LogP contribution in [0.4, 0.5) is 5.82 Å². The summed E-state index contributed by atoms with van der Waals surface area (Å²) in [7, 11) is -3.34. The van der Waals surface area contributed by atoms with Crippen molar-refractivity contribution in [3.8, 4) is 0 Å². The lowest BCUT2D eigenvalue weighted by Crippen LogP contribution is -2.11. The van der Waals surface area contributed by atoms with E-state index in [0.717, 1.165) is 0 Å². The van der Waals surface area contributed by atoms with Crippen LogP contribution in [0.15, 0.2) is 4.52 Å². The summed E-state index contributed by atoms with van der Waals surface area (Å²) in [6.07, 6.45) is 0.837. The van der Waals surface area contributed by atoms with E-state index in [2.05, 4.69) is 5.16 Å². The normalized spacial score (nSPS) is 23.4. The molecular formula is C8H10N2O5S. The quantitative estimate of drug-likeness (QED) is 0.763. The average molecular weight is 246 g/mol. The summed E-state index contributed by atoms with van der Waals surface area (Å²) in [5.74, 6) is -1.72. The summed E-state index contributed by atoms with van der Waals surface area (Å²) in [4.78, 5) is 10.9. The number of sulfone groups is 1. The van der Waals surface area contributed by atoms with Crippen molar-refractivity contribution in [2.45, 2.75) is 18.1 Å². The van der Waals surface area contributed by atoms with Gasteiger partial charge in [0.15, 0.2) is 21.4 Å². The van der Waals surface area contributed by atoms with Gasteiger partial charge in [0.1, 0.15) is 10.8 Å². The number of anilines is 1.